The van der Waals surface area contributed by atoms with Crippen molar-refractivity contribution in [1.82, 2.24) is 0 Å². The van der Waals surface area contributed by atoms with E-state index in [0.29, 0.717) is 18.6 Å². The number of nitrogens with two attached hydrogens (primary N) is 1. The molecule has 0 aromatic heterocycles. The number of ether oxygens (including phenoxy) is 1. The quantitative estimate of drug-likeness (QED) is 0.897. The van der Waals surface area contributed by atoms with Gasteiger partial charge in [0.15, 0.2) is 5.78 Å². The third kappa shape index (κ3) is 2.65. The standard InChI is InChI=1S/C12H13ClFNO2/c13-9-5-8(1-2-10(9)14)6-11(16)12(15)3-4-17-7-12/h1-2,5H,3-4,6-7,15H2. The molecule has 92 valence electrons. The minimum Gasteiger partial charge on any atom is -0.379 e. The summed E-state index contributed by atoms with van der Waals surface area (Å²) in [5.74, 6) is -0.591. The summed E-state index contributed by atoms with van der Waals surface area (Å²) in [7, 11) is 0. The lowest BCUT2D eigenvalue weighted by atomic mass is 9.90. The largest absolute Gasteiger partial charge is 0.379 e. The van der Waals surface area contributed by atoms with Crippen LogP contribution in [-0.2, 0) is 16.0 Å². The number of carbonyl (C=O) groups excluding carboxylic acids is 1. The topological polar surface area (TPSA) is 52.3 Å². The number of hydrogen-bond donors (Lipinski definition) is 1. The van der Waals surface area contributed by atoms with E-state index >= 15 is 0 Å². The molecule has 17 heavy (non-hydrogen) atoms. The Kier molecular flexibility index (Phi) is 3.47. The molecule has 3 nitrogen and oxygen atoms in total. The van der Waals surface area contributed by atoms with Crippen LogP contribution in [0.15, 0.2) is 18.2 Å². The second-order valence-electron chi connectivity index (χ2n) is 4.31. The van der Waals surface area contributed by atoms with E-state index in [9.17, 15) is 9.18 Å². The number of ketones is 1. The molecule has 1 aromatic rings. The van der Waals surface area contributed by atoms with Gasteiger partial charge < -0.3 is 10.5 Å². The first-order valence-electron chi connectivity index (χ1n) is 5.35. The number of halogens is 2. The monoisotopic (exact) mass is 257 g/mol. The summed E-state index contributed by atoms with van der Waals surface area (Å²) in [5, 5.41) is 0.0176. The molecule has 1 aliphatic heterocycles. The van der Waals surface area contributed by atoms with Crippen LogP contribution in [-0.4, -0.2) is 24.5 Å². The summed E-state index contributed by atoms with van der Waals surface area (Å²) in [6.45, 7) is 0.757. The summed E-state index contributed by atoms with van der Waals surface area (Å²) >= 11 is 5.65. The van der Waals surface area contributed by atoms with E-state index in [2.05, 4.69) is 0 Å². The molecule has 1 aromatic carbocycles. The van der Waals surface area contributed by atoms with Crippen LogP contribution in [0, 0.1) is 5.82 Å². The van der Waals surface area contributed by atoms with Crippen LogP contribution < -0.4 is 5.73 Å². The van der Waals surface area contributed by atoms with Gasteiger partial charge in [-0.1, -0.05) is 17.7 Å². The van der Waals surface area contributed by atoms with Gasteiger partial charge >= 0.3 is 0 Å². The van der Waals surface area contributed by atoms with Crippen molar-refractivity contribution < 1.29 is 13.9 Å². The van der Waals surface area contributed by atoms with Crippen molar-refractivity contribution >= 4 is 17.4 Å². The van der Waals surface area contributed by atoms with Crippen molar-refractivity contribution in [3.05, 3.63) is 34.6 Å². The van der Waals surface area contributed by atoms with E-state index in [-0.39, 0.29) is 23.8 Å². The fraction of sp³-hybridized carbons (Fsp3) is 0.417. The van der Waals surface area contributed by atoms with E-state index in [1.165, 1.54) is 18.2 Å². The van der Waals surface area contributed by atoms with E-state index in [0.717, 1.165) is 0 Å². The van der Waals surface area contributed by atoms with Gasteiger partial charge in [0.05, 0.1) is 11.6 Å². The van der Waals surface area contributed by atoms with Gasteiger partial charge in [0.2, 0.25) is 0 Å². The van der Waals surface area contributed by atoms with Crippen LogP contribution in [0.25, 0.3) is 0 Å². The molecular formula is C12H13ClFNO2. The van der Waals surface area contributed by atoms with Crippen LogP contribution in [0.2, 0.25) is 5.02 Å². The van der Waals surface area contributed by atoms with E-state index in [1.54, 1.807) is 0 Å². The zero-order valence-corrected chi connectivity index (χ0v) is 9.97. The highest BCUT2D eigenvalue weighted by atomic mass is 35.5. The molecule has 0 aliphatic carbocycles. The Balaban J connectivity index is 2.10. The number of rotatable bonds is 3. The molecule has 0 saturated carbocycles. The Hall–Kier alpha value is -0.970. The average Bonchev–Trinajstić information content (AvgIpc) is 2.72. The first-order chi connectivity index (χ1) is 8.01. The Morgan fingerprint density at radius 3 is 2.94 bits per heavy atom. The molecule has 2 N–H and O–H groups in total. The summed E-state index contributed by atoms with van der Waals surface area (Å²) in [6.07, 6.45) is 0.681. The molecular weight excluding hydrogens is 245 g/mol. The lowest BCUT2D eigenvalue weighted by Crippen LogP contribution is -2.49. The van der Waals surface area contributed by atoms with E-state index < -0.39 is 11.4 Å². The average molecular weight is 258 g/mol. The molecule has 0 radical (unpaired) electrons. The second-order valence-corrected chi connectivity index (χ2v) is 4.71. The fourth-order valence-corrected chi connectivity index (χ4v) is 2.01. The lowest BCUT2D eigenvalue weighted by molar-refractivity contribution is -0.123. The molecule has 1 fully saturated rings. The third-order valence-corrected chi connectivity index (χ3v) is 3.25. The lowest BCUT2D eigenvalue weighted by Gasteiger charge is -2.19. The van der Waals surface area contributed by atoms with Gasteiger partial charge in [0.1, 0.15) is 11.4 Å². The zero-order chi connectivity index (χ0) is 12.5. The molecule has 1 unspecified atom stereocenters. The molecule has 0 bridgehead atoms. The minimum atomic E-state index is -0.902. The van der Waals surface area contributed by atoms with Crippen molar-refractivity contribution in [3.8, 4) is 0 Å². The van der Waals surface area contributed by atoms with Gasteiger partial charge in [0, 0.05) is 13.0 Å². The Morgan fingerprint density at radius 1 is 1.59 bits per heavy atom. The van der Waals surface area contributed by atoms with Crippen LogP contribution in [0.4, 0.5) is 4.39 Å². The van der Waals surface area contributed by atoms with Gasteiger partial charge in [-0.15, -0.1) is 0 Å². The maximum absolute atomic E-state index is 13.0. The van der Waals surface area contributed by atoms with Gasteiger partial charge in [-0.2, -0.15) is 0 Å². The van der Waals surface area contributed by atoms with Gasteiger partial charge in [-0.05, 0) is 24.1 Å². The maximum atomic E-state index is 13.0. The van der Waals surface area contributed by atoms with Crippen molar-refractivity contribution in [2.45, 2.75) is 18.4 Å². The van der Waals surface area contributed by atoms with Crippen LogP contribution in [0.1, 0.15) is 12.0 Å². The summed E-state index contributed by atoms with van der Waals surface area (Å²) < 4.78 is 18.1. The summed E-state index contributed by atoms with van der Waals surface area (Å²) in [5.41, 5.74) is 5.70. The molecule has 1 atom stereocenters. The molecule has 1 heterocycles. The Bertz CT molecular complexity index is 444. The van der Waals surface area contributed by atoms with Crippen molar-refractivity contribution in [2.24, 2.45) is 5.73 Å². The molecule has 1 saturated heterocycles. The van der Waals surface area contributed by atoms with Crippen LogP contribution in [0.5, 0.6) is 0 Å². The highest BCUT2D eigenvalue weighted by molar-refractivity contribution is 6.30. The van der Waals surface area contributed by atoms with Gasteiger partial charge in [0.25, 0.3) is 0 Å². The van der Waals surface area contributed by atoms with E-state index in [1.807, 2.05) is 0 Å². The molecule has 1 aliphatic rings. The molecule has 5 heteroatoms. The fourth-order valence-electron chi connectivity index (χ4n) is 1.81. The first kappa shape index (κ1) is 12.5. The number of benzene rings is 1. The van der Waals surface area contributed by atoms with Crippen molar-refractivity contribution in [2.75, 3.05) is 13.2 Å². The smallest absolute Gasteiger partial charge is 0.159 e. The summed E-state index contributed by atoms with van der Waals surface area (Å²) in [6, 6.07) is 4.24. The maximum Gasteiger partial charge on any atom is 0.159 e. The summed E-state index contributed by atoms with van der Waals surface area (Å²) in [4.78, 5) is 12.0. The Morgan fingerprint density at radius 2 is 2.35 bits per heavy atom. The third-order valence-electron chi connectivity index (χ3n) is 2.96. The minimum absolute atomic E-state index is 0.0176. The predicted molar refractivity (Wildman–Crippen MR) is 62.5 cm³/mol. The molecule has 2 rings (SSSR count). The second kappa shape index (κ2) is 4.72. The number of Topliss-reactive ketones (excluding diaryl/α,β-unsaturated/α-hetero) is 1. The molecule has 0 spiro atoms. The number of carbonyl (C=O) groups is 1. The van der Waals surface area contributed by atoms with Crippen molar-refractivity contribution in [3.63, 3.8) is 0 Å². The number of hydrogen-bond acceptors (Lipinski definition) is 3. The van der Waals surface area contributed by atoms with Gasteiger partial charge in [-0.3, -0.25) is 4.79 Å². The SMILES string of the molecule is NC1(C(=O)Cc2ccc(F)c(Cl)c2)CCOC1. The highest BCUT2D eigenvalue weighted by Crippen LogP contribution is 2.21. The Labute approximate surface area is 104 Å². The van der Waals surface area contributed by atoms with Crippen LogP contribution in [0.3, 0.4) is 0 Å². The van der Waals surface area contributed by atoms with Crippen molar-refractivity contribution in [1.29, 1.82) is 0 Å². The van der Waals surface area contributed by atoms with Crippen LogP contribution >= 0.6 is 11.6 Å². The predicted octanol–water partition coefficient (Wildman–Crippen LogP) is 1.71. The normalized spacial score (nSPS) is 23.9. The van der Waals surface area contributed by atoms with E-state index in [4.69, 9.17) is 22.1 Å². The zero-order valence-electron chi connectivity index (χ0n) is 9.21. The molecule has 0 amide bonds. The first-order valence-corrected chi connectivity index (χ1v) is 5.73. The highest BCUT2D eigenvalue weighted by Gasteiger charge is 2.37. The van der Waals surface area contributed by atoms with Gasteiger partial charge in [-0.25, -0.2) is 4.39 Å².